The smallest absolute Gasteiger partial charge is 0.297 e. The van der Waals surface area contributed by atoms with Gasteiger partial charge in [0.15, 0.2) is 18.7 Å². The van der Waals surface area contributed by atoms with E-state index in [-0.39, 0.29) is 16.4 Å². The van der Waals surface area contributed by atoms with Crippen molar-refractivity contribution in [2.75, 3.05) is 13.7 Å². The zero-order valence-corrected chi connectivity index (χ0v) is 23.7. The predicted octanol–water partition coefficient (Wildman–Crippen LogP) is 3.64. The van der Waals surface area contributed by atoms with Crippen LogP contribution in [0.2, 0.25) is 0 Å². The molecule has 0 saturated carbocycles. The summed E-state index contributed by atoms with van der Waals surface area (Å²) in [5.74, 6) is 0. The van der Waals surface area contributed by atoms with Crippen molar-refractivity contribution in [3.63, 3.8) is 0 Å². The van der Waals surface area contributed by atoms with Crippen molar-refractivity contribution in [1.29, 1.82) is 0 Å². The van der Waals surface area contributed by atoms with Gasteiger partial charge in [-0.3, -0.25) is 8.37 Å². The highest BCUT2D eigenvalue weighted by Gasteiger charge is 2.54. The Morgan fingerprint density at radius 3 is 1.75 bits per heavy atom. The van der Waals surface area contributed by atoms with E-state index in [0.29, 0.717) is 5.56 Å². The summed E-state index contributed by atoms with van der Waals surface area (Å²) in [7, 11) is -7.52. The Morgan fingerprint density at radius 2 is 1.23 bits per heavy atom. The number of methoxy groups -OCH3 is 1. The standard InChI is InChI=1S/C28H30O10S2/c1-18-9-13-21(14-10-18)39(29,30)37-25-24-23(17-34-27(36-24)20-7-5-4-6-8-20)35-28(33-3)26(25)38-40(31,32)22-15-11-19(2)12-16-22/h4-16,23-28H,17H2,1-3H3/t23-,24+,25+,26-,27?,28+/m1/s1. The zero-order chi connectivity index (χ0) is 28.5. The first-order valence-electron chi connectivity index (χ1n) is 12.6. The summed E-state index contributed by atoms with van der Waals surface area (Å²) in [5, 5.41) is 0. The maximum Gasteiger partial charge on any atom is 0.297 e. The van der Waals surface area contributed by atoms with Gasteiger partial charge in [-0.1, -0.05) is 65.7 Å². The lowest BCUT2D eigenvalue weighted by Crippen LogP contribution is -2.64. The van der Waals surface area contributed by atoms with Gasteiger partial charge in [-0.2, -0.15) is 16.8 Å². The third-order valence-corrected chi connectivity index (χ3v) is 9.33. The van der Waals surface area contributed by atoms with Crippen molar-refractivity contribution >= 4 is 20.2 Å². The van der Waals surface area contributed by atoms with Crippen molar-refractivity contribution in [1.82, 2.24) is 0 Å². The van der Waals surface area contributed by atoms with Crippen LogP contribution in [0.1, 0.15) is 23.0 Å². The van der Waals surface area contributed by atoms with Gasteiger partial charge in [0, 0.05) is 12.7 Å². The van der Waals surface area contributed by atoms with E-state index in [4.69, 9.17) is 27.3 Å². The molecule has 3 aromatic rings. The Hall–Kier alpha value is -2.68. The van der Waals surface area contributed by atoms with Gasteiger partial charge < -0.3 is 18.9 Å². The lowest BCUT2D eigenvalue weighted by atomic mass is 9.98. The molecule has 214 valence electrons. The molecule has 0 amide bonds. The predicted molar refractivity (Wildman–Crippen MR) is 142 cm³/mol. The van der Waals surface area contributed by atoms with Crippen molar-refractivity contribution in [3.8, 4) is 0 Å². The van der Waals surface area contributed by atoms with E-state index in [2.05, 4.69) is 0 Å². The van der Waals surface area contributed by atoms with Crippen LogP contribution in [0.5, 0.6) is 0 Å². The number of fused-ring (bicyclic) bond motifs is 1. The second-order valence-corrected chi connectivity index (χ2v) is 12.8. The Morgan fingerprint density at radius 1 is 0.700 bits per heavy atom. The van der Waals surface area contributed by atoms with Gasteiger partial charge >= 0.3 is 0 Å². The number of hydrogen-bond donors (Lipinski definition) is 0. The van der Waals surface area contributed by atoms with Crippen LogP contribution in [-0.2, 0) is 47.5 Å². The second kappa shape index (κ2) is 11.7. The largest absolute Gasteiger partial charge is 0.353 e. The molecule has 2 saturated heterocycles. The molecule has 12 heteroatoms. The number of aryl methyl sites for hydroxylation is 2. The van der Waals surface area contributed by atoms with Gasteiger partial charge in [-0.15, -0.1) is 0 Å². The van der Waals surface area contributed by atoms with Crippen molar-refractivity contribution in [2.45, 2.75) is 60.6 Å². The van der Waals surface area contributed by atoms with E-state index >= 15 is 0 Å². The third-order valence-electron chi connectivity index (χ3n) is 6.68. The molecule has 2 aliphatic rings. The maximum atomic E-state index is 13.5. The van der Waals surface area contributed by atoms with Gasteiger partial charge in [0.2, 0.25) is 0 Å². The van der Waals surface area contributed by atoms with Gasteiger partial charge in [-0.05, 0) is 38.1 Å². The van der Waals surface area contributed by atoms with Crippen molar-refractivity contribution in [2.24, 2.45) is 0 Å². The molecule has 0 aromatic heterocycles. The van der Waals surface area contributed by atoms with Crippen molar-refractivity contribution in [3.05, 3.63) is 95.6 Å². The number of ether oxygens (including phenoxy) is 4. The lowest BCUT2D eigenvalue weighted by Gasteiger charge is -2.47. The second-order valence-electron chi connectivity index (χ2n) is 9.61. The average Bonchev–Trinajstić information content (AvgIpc) is 2.94. The molecule has 2 aliphatic heterocycles. The van der Waals surface area contributed by atoms with Crippen LogP contribution in [0.25, 0.3) is 0 Å². The molecule has 0 N–H and O–H groups in total. The van der Waals surface area contributed by atoms with E-state index in [1.165, 1.54) is 31.4 Å². The minimum Gasteiger partial charge on any atom is -0.353 e. The van der Waals surface area contributed by atoms with Gasteiger partial charge in [0.05, 0.1) is 16.4 Å². The molecule has 2 fully saturated rings. The van der Waals surface area contributed by atoms with E-state index in [1.807, 2.05) is 32.0 Å². The molecule has 1 unspecified atom stereocenters. The topological polar surface area (TPSA) is 124 Å². The molecular weight excluding hydrogens is 560 g/mol. The fourth-order valence-corrected chi connectivity index (χ4v) is 6.71. The maximum absolute atomic E-state index is 13.5. The Balaban J connectivity index is 1.53. The van der Waals surface area contributed by atoms with Crippen LogP contribution in [0, 0.1) is 13.8 Å². The van der Waals surface area contributed by atoms with Gasteiger partial charge in [0.25, 0.3) is 20.2 Å². The summed E-state index contributed by atoms with van der Waals surface area (Å²) in [6.07, 6.45) is -7.17. The molecular formula is C28H30O10S2. The Labute approximate surface area is 234 Å². The fourth-order valence-electron chi connectivity index (χ4n) is 4.54. The third kappa shape index (κ3) is 6.14. The van der Waals surface area contributed by atoms with Crippen LogP contribution in [0.3, 0.4) is 0 Å². The molecule has 3 aromatic carbocycles. The summed E-state index contributed by atoms with van der Waals surface area (Å²) in [6, 6.07) is 21.2. The first kappa shape index (κ1) is 28.8. The fraction of sp³-hybridized carbons (Fsp3) is 0.357. The Bertz CT molecular complexity index is 1510. The molecule has 2 heterocycles. The van der Waals surface area contributed by atoms with Crippen LogP contribution in [0.15, 0.2) is 88.7 Å². The highest BCUT2D eigenvalue weighted by molar-refractivity contribution is 7.87. The summed E-state index contributed by atoms with van der Waals surface area (Å²) < 4.78 is 88.4. The number of benzene rings is 3. The SMILES string of the molecule is CO[C@H]1O[C@@H]2COC(c3ccccc3)O[C@@H]2[C@H](OS(=O)(=O)c2ccc(C)cc2)[C@H]1OS(=O)(=O)c1ccc(C)cc1. The summed E-state index contributed by atoms with van der Waals surface area (Å²) in [6.45, 7) is 3.65. The molecule has 0 spiro atoms. The van der Waals surface area contributed by atoms with E-state index in [0.717, 1.165) is 11.1 Å². The number of hydrogen-bond acceptors (Lipinski definition) is 10. The minimum atomic E-state index is -4.41. The lowest BCUT2D eigenvalue weighted by molar-refractivity contribution is -0.351. The highest BCUT2D eigenvalue weighted by atomic mass is 32.2. The first-order valence-corrected chi connectivity index (χ1v) is 15.4. The molecule has 0 radical (unpaired) electrons. The van der Waals surface area contributed by atoms with Crippen molar-refractivity contribution < 1.29 is 44.1 Å². The highest BCUT2D eigenvalue weighted by Crippen LogP contribution is 2.38. The Kier molecular flexibility index (Phi) is 8.41. The molecule has 6 atom stereocenters. The molecule has 5 rings (SSSR count). The van der Waals surface area contributed by atoms with Gasteiger partial charge in [0.1, 0.15) is 18.3 Å². The number of rotatable bonds is 8. The van der Waals surface area contributed by atoms with Gasteiger partial charge in [-0.25, -0.2) is 0 Å². The molecule has 0 bridgehead atoms. The molecule has 10 nitrogen and oxygen atoms in total. The average molecular weight is 591 g/mol. The normalized spacial score (nSPS) is 27.2. The monoisotopic (exact) mass is 590 g/mol. The van der Waals surface area contributed by atoms with E-state index in [9.17, 15) is 16.8 Å². The summed E-state index contributed by atoms with van der Waals surface area (Å²) >= 11 is 0. The van der Waals surface area contributed by atoms with Crippen LogP contribution in [0.4, 0.5) is 0 Å². The van der Waals surface area contributed by atoms with Crippen LogP contribution in [-0.4, -0.2) is 61.3 Å². The quantitative estimate of drug-likeness (QED) is 0.359. The molecule has 0 aliphatic carbocycles. The van der Waals surface area contributed by atoms with E-state index < -0.39 is 57.2 Å². The van der Waals surface area contributed by atoms with Crippen LogP contribution >= 0.6 is 0 Å². The first-order chi connectivity index (χ1) is 19.1. The summed E-state index contributed by atoms with van der Waals surface area (Å²) in [4.78, 5) is -0.229. The zero-order valence-electron chi connectivity index (χ0n) is 22.1. The summed E-state index contributed by atoms with van der Waals surface area (Å²) in [5.41, 5.74) is 2.39. The minimum absolute atomic E-state index is 0.00591. The van der Waals surface area contributed by atoms with Crippen LogP contribution < -0.4 is 0 Å². The van der Waals surface area contributed by atoms with E-state index in [1.54, 1.807) is 36.4 Å². The molecule has 40 heavy (non-hydrogen) atoms.